The normalized spacial score (nSPS) is 11.2. The number of amides is 1. The van der Waals surface area contributed by atoms with E-state index >= 15 is 0 Å². The van der Waals surface area contributed by atoms with Gasteiger partial charge in [-0.2, -0.15) is 10.2 Å². The van der Waals surface area contributed by atoms with Crippen LogP contribution in [0, 0.1) is 13.8 Å². The van der Waals surface area contributed by atoms with Gasteiger partial charge in [0.1, 0.15) is 6.67 Å². The summed E-state index contributed by atoms with van der Waals surface area (Å²) in [5, 5.41) is 11.6. The molecule has 8 nitrogen and oxygen atoms in total. The zero-order valence-corrected chi connectivity index (χ0v) is 14.8. The van der Waals surface area contributed by atoms with Crippen LogP contribution in [0.4, 0.5) is 5.95 Å². The summed E-state index contributed by atoms with van der Waals surface area (Å²) >= 11 is 0. The third-order valence-corrected chi connectivity index (χ3v) is 4.27. The first-order valence-corrected chi connectivity index (χ1v) is 8.28. The second-order valence-electron chi connectivity index (χ2n) is 6.25. The van der Waals surface area contributed by atoms with E-state index in [2.05, 4.69) is 20.5 Å². The van der Waals surface area contributed by atoms with Crippen molar-refractivity contribution in [3.63, 3.8) is 0 Å². The molecule has 0 unspecified atom stereocenters. The van der Waals surface area contributed by atoms with Gasteiger partial charge in [-0.25, -0.2) is 9.67 Å². The van der Waals surface area contributed by atoms with Gasteiger partial charge in [-0.05, 0) is 38.1 Å². The summed E-state index contributed by atoms with van der Waals surface area (Å²) in [7, 11) is 1.87. The molecule has 0 saturated carbocycles. The Labute approximate surface area is 150 Å². The van der Waals surface area contributed by atoms with Gasteiger partial charge in [0.25, 0.3) is 5.91 Å². The maximum Gasteiger partial charge on any atom is 0.278 e. The first kappa shape index (κ1) is 16.1. The lowest BCUT2D eigenvalue weighted by molar-refractivity contribution is 0.102. The van der Waals surface area contributed by atoms with E-state index in [-0.39, 0.29) is 5.91 Å². The maximum atomic E-state index is 12.5. The molecule has 8 heteroatoms. The number of benzene rings is 1. The van der Waals surface area contributed by atoms with Crippen LogP contribution in [0.3, 0.4) is 0 Å². The van der Waals surface area contributed by atoms with E-state index in [4.69, 9.17) is 0 Å². The molecule has 132 valence electrons. The third kappa shape index (κ3) is 2.85. The highest BCUT2D eigenvalue weighted by atomic mass is 16.2. The molecule has 1 amide bonds. The van der Waals surface area contributed by atoms with Crippen molar-refractivity contribution in [2.45, 2.75) is 20.5 Å². The highest BCUT2D eigenvalue weighted by Crippen LogP contribution is 2.18. The van der Waals surface area contributed by atoms with Crippen molar-refractivity contribution in [3.8, 4) is 0 Å². The quantitative estimate of drug-likeness (QED) is 0.613. The van der Waals surface area contributed by atoms with Gasteiger partial charge < -0.3 is 4.57 Å². The number of aryl methyl sites for hydroxylation is 3. The number of hydrogen-bond donors (Lipinski definition) is 1. The number of anilines is 1. The second-order valence-corrected chi connectivity index (χ2v) is 6.25. The highest BCUT2D eigenvalue weighted by Gasteiger charge is 2.14. The van der Waals surface area contributed by atoms with Gasteiger partial charge in [0.2, 0.25) is 5.95 Å². The minimum atomic E-state index is -0.296. The van der Waals surface area contributed by atoms with E-state index in [0.29, 0.717) is 18.3 Å². The standard InChI is InChI=1S/C18H19N7O/c1-12-10-13(2)25(21-12)11-24-9-8-15(22-24)17(26)20-18-19-14-6-4-5-7-16(14)23(18)3/h4-10H,11H2,1-3H3,(H,19,20,26). The van der Waals surface area contributed by atoms with Gasteiger partial charge in [-0.3, -0.25) is 14.8 Å². The lowest BCUT2D eigenvalue weighted by atomic mass is 10.3. The van der Waals surface area contributed by atoms with E-state index in [1.807, 2.05) is 60.5 Å². The van der Waals surface area contributed by atoms with E-state index in [9.17, 15) is 4.79 Å². The SMILES string of the molecule is Cc1cc(C)n(Cn2ccc(C(=O)Nc3nc4ccccc4n3C)n2)n1. The van der Waals surface area contributed by atoms with Crippen molar-refractivity contribution < 1.29 is 4.79 Å². The molecule has 0 radical (unpaired) electrons. The number of hydrogen-bond acceptors (Lipinski definition) is 4. The highest BCUT2D eigenvalue weighted by molar-refractivity contribution is 6.02. The summed E-state index contributed by atoms with van der Waals surface area (Å²) < 4.78 is 5.37. The first-order valence-electron chi connectivity index (χ1n) is 8.28. The summed E-state index contributed by atoms with van der Waals surface area (Å²) in [6.07, 6.45) is 1.76. The van der Waals surface area contributed by atoms with Crippen molar-refractivity contribution in [1.82, 2.24) is 29.1 Å². The summed E-state index contributed by atoms with van der Waals surface area (Å²) in [5.41, 5.74) is 4.12. The Morgan fingerprint density at radius 1 is 1.15 bits per heavy atom. The van der Waals surface area contributed by atoms with Crippen LogP contribution < -0.4 is 5.32 Å². The van der Waals surface area contributed by atoms with Crippen LogP contribution in [0.25, 0.3) is 11.0 Å². The lowest BCUT2D eigenvalue weighted by Crippen LogP contribution is -2.17. The zero-order valence-electron chi connectivity index (χ0n) is 14.8. The molecule has 3 aromatic heterocycles. The van der Waals surface area contributed by atoms with Crippen LogP contribution in [0.5, 0.6) is 0 Å². The topological polar surface area (TPSA) is 82.6 Å². The molecule has 0 aliphatic heterocycles. The molecule has 3 heterocycles. The van der Waals surface area contributed by atoms with Crippen molar-refractivity contribution in [3.05, 3.63) is 59.7 Å². The molecular weight excluding hydrogens is 330 g/mol. The monoisotopic (exact) mass is 349 g/mol. The van der Waals surface area contributed by atoms with Gasteiger partial charge in [0, 0.05) is 18.9 Å². The predicted octanol–water partition coefficient (Wildman–Crippen LogP) is 2.34. The number of nitrogens with one attached hydrogen (secondary N) is 1. The van der Waals surface area contributed by atoms with Crippen LogP contribution in [0.1, 0.15) is 21.9 Å². The molecule has 0 fully saturated rings. The number of rotatable bonds is 4. The van der Waals surface area contributed by atoms with Gasteiger partial charge >= 0.3 is 0 Å². The molecule has 1 aromatic carbocycles. The summed E-state index contributed by atoms with van der Waals surface area (Å²) in [4.78, 5) is 17.0. The number of carbonyl (C=O) groups excluding carboxylic acids is 1. The molecule has 0 aliphatic carbocycles. The van der Waals surface area contributed by atoms with Crippen molar-refractivity contribution in [2.24, 2.45) is 7.05 Å². The molecule has 26 heavy (non-hydrogen) atoms. The van der Waals surface area contributed by atoms with Crippen LogP contribution >= 0.6 is 0 Å². The average molecular weight is 349 g/mol. The number of carbonyl (C=O) groups is 1. The number of aromatic nitrogens is 6. The summed E-state index contributed by atoms with van der Waals surface area (Å²) in [5.74, 6) is 0.194. The van der Waals surface area contributed by atoms with E-state index in [0.717, 1.165) is 22.4 Å². The smallest absolute Gasteiger partial charge is 0.278 e. The van der Waals surface area contributed by atoms with Gasteiger partial charge in [-0.15, -0.1) is 0 Å². The summed E-state index contributed by atoms with van der Waals surface area (Å²) in [6.45, 7) is 4.39. The molecule has 4 rings (SSSR count). The third-order valence-electron chi connectivity index (χ3n) is 4.27. The zero-order chi connectivity index (χ0) is 18.3. The first-order chi connectivity index (χ1) is 12.5. The fourth-order valence-corrected chi connectivity index (χ4v) is 2.94. The molecule has 0 bridgehead atoms. The Morgan fingerprint density at radius 3 is 2.69 bits per heavy atom. The second kappa shape index (κ2) is 6.14. The predicted molar refractivity (Wildman–Crippen MR) is 98.0 cm³/mol. The molecular formula is C18H19N7O. The molecule has 0 saturated heterocycles. The minimum Gasteiger partial charge on any atom is -0.313 e. The molecule has 0 aliphatic rings. The Balaban J connectivity index is 1.52. The minimum absolute atomic E-state index is 0.296. The van der Waals surface area contributed by atoms with Crippen molar-refractivity contribution >= 4 is 22.9 Å². The average Bonchev–Trinajstić information content (AvgIpc) is 3.28. The molecule has 1 N–H and O–H groups in total. The van der Waals surface area contributed by atoms with Crippen molar-refractivity contribution in [2.75, 3.05) is 5.32 Å². The van der Waals surface area contributed by atoms with Crippen LogP contribution in [-0.4, -0.2) is 35.0 Å². The van der Waals surface area contributed by atoms with Gasteiger partial charge in [0.05, 0.1) is 16.7 Å². The molecule has 4 aromatic rings. The number of nitrogens with zero attached hydrogens (tertiary/aromatic N) is 6. The van der Waals surface area contributed by atoms with E-state index < -0.39 is 0 Å². The Bertz CT molecular complexity index is 1100. The fraction of sp³-hybridized carbons (Fsp3) is 0.222. The fourth-order valence-electron chi connectivity index (χ4n) is 2.94. The van der Waals surface area contributed by atoms with Crippen LogP contribution in [-0.2, 0) is 13.7 Å². The van der Waals surface area contributed by atoms with Crippen LogP contribution in [0.2, 0.25) is 0 Å². The lowest BCUT2D eigenvalue weighted by Gasteiger charge is -2.05. The van der Waals surface area contributed by atoms with Gasteiger partial charge in [0.15, 0.2) is 5.69 Å². The van der Waals surface area contributed by atoms with Crippen molar-refractivity contribution in [1.29, 1.82) is 0 Å². The number of imidazole rings is 1. The summed E-state index contributed by atoms with van der Waals surface area (Å²) in [6, 6.07) is 11.4. The number of para-hydroxylation sites is 2. The molecule has 0 spiro atoms. The Morgan fingerprint density at radius 2 is 1.96 bits per heavy atom. The number of fused-ring (bicyclic) bond motifs is 1. The van der Waals surface area contributed by atoms with Gasteiger partial charge in [-0.1, -0.05) is 12.1 Å². The Hall–Kier alpha value is -3.42. The molecule has 0 atom stereocenters. The van der Waals surface area contributed by atoms with E-state index in [1.165, 1.54) is 0 Å². The largest absolute Gasteiger partial charge is 0.313 e. The van der Waals surface area contributed by atoms with Crippen LogP contribution in [0.15, 0.2) is 42.6 Å². The maximum absolute atomic E-state index is 12.5. The Kier molecular flexibility index (Phi) is 3.80. The van der Waals surface area contributed by atoms with E-state index in [1.54, 1.807) is 16.9 Å².